The third-order valence-corrected chi connectivity index (χ3v) is 6.26. The monoisotopic (exact) mass is 424 g/mol. The summed E-state index contributed by atoms with van der Waals surface area (Å²) >= 11 is 0. The molecule has 0 saturated heterocycles. The van der Waals surface area contributed by atoms with Crippen LogP contribution < -0.4 is 14.8 Å². The molecule has 30 heavy (non-hydrogen) atoms. The van der Waals surface area contributed by atoms with Crippen molar-refractivity contribution in [3.8, 4) is 22.9 Å². The average Bonchev–Trinajstić information content (AvgIpc) is 2.72. The highest BCUT2D eigenvalue weighted by Gasteiger charge is 2.15. The van der Waals surface area contributed by atoms with Crippen LogP contribution in [0.15, 0.2) is 42.5 Å². The summed E-state index contributed by atoms with van der Waals surface area (Å²) in [5.74, 6) is 0.840. The minimum atomic E-state index is -4.05. The number of nitriles is 1. The Balaban J connectivity index is 1.78. The van der Waals surface area contributed by atoms with Gasteiger partial charge in [-0.1, -0.05) is 93.3 Å². The zero-order valence-corrected chi connectivity index (χ0v) is 18.2. The quantitative estimate of drug-likeness (QED) is 0.729. The van der Waals surface area contributed by atoms with Crippen LogP contribution in [-0.4, -0.2) is 15.7 Å². The predicted molar refractivity (Wildman–Crippen MR) is 122 cm³/mol. The summed E-state index contributed by atoms with van der Waals surface area (Å²) in [5.41, 5.74) is 3.55. The zero-order valence-electron chi connectivity index (χ0n) is 17.3. The number of rotatable bonds is 5. The molecule has 0 heterocycles. The van der Waals surface area contributed by atoms with Gasteiger partial charge in [0.1, 0.15) is 5.75 Å². The van der Waals surface area contributed by atoms with Gasteiger partial charge < -0.3 is 4.18 Å². The number of benzene rings is 2. The third kappa shape index (κ3) is 6.89. The maximum atomic E-state index is 11.1. The summed E-state index contributed by atoms with van der Waals surface area (Å²) < 4.78 is 26.9. The first kappa shape index (κ1) is 22.4. The average molecular weight is 424 g/mol. The molecule has 0 unspecified atom stereocenters. The molecule has 0 aliphatic heterocycles. The second kappa shape index (κ2) is 10.6. The summed E-state index contributed by atoms with van der Waals surface area (Å²) in [6.45, 7) is 0. The van der Waals surface area contributed by atoms with Crippen molar-refractivity contribution in [2.24, 2.45) is 5.14 Å². The molecule has 158 valence electrons. The van der Waals surface area contributed by atoms with E-state index in [4.69, 9.17) is 9.32 Å². The molecule has 1 aliphatic carbocycles. The Morgan fingerprint density at radius 1 is 0.933 bits per heavy atom. The van der Waals surface area contributed by atoms with Crippen molar-refractivity contribution in [2.45, 2.75) is 63.6 Å². The molecule has 3 rings (SSSR count). The van der Waals surface area contributed by atoms with Gasteiger partial charge in [-0.25, -0.2) is 0 Å². The Kier molecular flexibility index (Phi) is 7.95. The van der Waals surface area contributed by atoms with E-state index in [1.54, 1.807) is 24.3 Å². The van der Waals surface area contributed by atoms with Gasteiger partial charge in [0.25, 0.3) is 0 Å². The van der Waals surface area contributed by atoms with E-state index in [2.05, 4.69) is 18.2 Å². The standard InChI is InChI=1S/C23H29BN2O3S/c25-17-19-10-13-21(24-20-8-6-4-2-1-3-5-7-9-20)16-23(19)18-11-14-22(15-12-18)29-30(26,27)28/h10-16,20,24H,1-9H2,(H2,26,27,28). The predicted octanol–water partition coefficient (Wildman–Crippen LogP) is 4.18. The summed E-state index contributed by atoms with van der Waals surface area (Å²) in [7, 11) is -3.02. The molecular weight excluding hydrogens is 395 g/mol. The van der Waals surface area contributed by atoms with Gasteiger partial charge in [-0.05, 0) is 29.3 Å². The molecule has 2 N–H and O–H groups in total. The number of nitrogens with zero attached hydrogens (tertiary/aromatic N) is 1. The minimum absolute atomic E-state index is 0.150. The molecule has 0 bridgehead atoms. The molecule has 1 aliphatic rings. The van der Waals surface area contributed by atoms with Crippen molar-refractivity contribution < 1.29 is 12.6 Å². The van der Waals surface area contributed by atoms with E-state index >= 15 is 0 Å². The number of hydrogen-bond acceptors (Lipinski definition) is 4. The molecule has 0 spiro atoms. The van der Waals surface area contributed by atoms with Crippen molar-refractivity contribution in [2.75, 3.05) is 0 Å². The second-order valence-corrected chi connectivity index (χ2v) is 9.37. The van der Waals surface area contributed by atoms with Crippen LogP contribution in [0.2, 0.25) is 5.82 Å². The van der Waals surface area contributed by atoms with Crippen molar-refractivity contribution in [1.29, 1.82) is 5.26 Å². The Bertz CT molecular complexity index is 974. The number of nitrogens with two attached hydrogens (primary N) is 1. The summed E-state index contributed by atoms with van der Waals surface area (Å²) in [6, 6.07) is 14.9. The molecule has 0 aromatic heterocycles. The summed E-state index contributed by atoms with van der Waals surface area (Å²) in [5, 5.41) is 14.5. The van der Waals surface area contributed by atoms with E-state index in [1.165, 1.54) is 63.3 Å². The number of hydrogen-bond donors (Lipinski definition) is 1. The van der Waals surface area contributed by atoms with Crippen LogP contribution in [0, 0.1) is 11.3 Å². The van der Waals surface area contributed by atoms with E-state index in [0.717, 1.165) is 18.4 Å². The minimum Gasteiger partial charge on any atom is -0.371 e. The van der Waals surface area contributed by atoms with Crippen LogP contribution in [0.4, 0.5) is 0 Å². The van der Waals surface area contributed by atoms with Gasteiger partial charge in [-0.2, -0.15) is 18.8 Å². The van der Waals surface area contributed by atoms with Gasteiger partial charge in [0.15, 0.2) is 7.28 Å². The van der Waals surface area contributed by atoms with Gasteiger partial charge in [0.2, 0.25) is 0 Å². The molecule has 5 nitrogen and oxygen atoms in total. The lowest BCUT2D eigenvalue weighted by atomic mass is 9.55. The first-order valence-electron chi connectivity index (χ1n) is 10.8. The highest BCUT2D eigenvalue weighted by atomic mass is 32.2. The van der Waals surface area contributed by atoms with E-state index in [1.807, 2.05) is 6.07 Å². The Morgan fingerprint density at radius 2 is 1.53 bits per heavy atom. The van der Waals surface area contributed by atoms with Crippen molar-refractivity contribution in [3.05, 3.63) is 48.0 Å². The van der Waals surface area contributed by atoms with Gasteiger partial charge in [-0.3, -0.25) is 0 Å². The van der Waals surface area contributed by atoms with Crippen LogP contribution in [-0.2, 0) is 10.3 Å². The zero-order chi connectivity index (χ0) is 21.4. The highest BCUT2D eigenvalue weighted by molar-refractivity contribution is 7.84. The van der Waals surface area contributed by atoms with Crippen molar-refractivity contribution >= 4 is 23.0 Å². The lowest BCUT2D eigenvalue weighted by Gasteiger charge is -2.18. The van der Waals surface area contributed by atoms with Crippen LogP contribution in [0.25, 0.3) is 11.1 Å². The summed E-state index contributed by atoms with van der Waals surface area (Å²) in [6.07, 6.45) is 11.9. The van der Waals surface area contributed by atoms with Gasteiger partial charge >= 0.3 is 10.3 Å². The molecule has 2 aromatic rings. The lowest BCUT2D eigenvalue weighted by molar-refractivity contribution is 0.488. The van der Waals surface area contributed by atoms with Gasteiger partial charge in [0.05, 0.1) is 11.6 Å². The smallest absolute Gasteiger partial charge is 0.371 e. The van der Waals surface area contributed by atoms with E-state index < -0.39 is 10.3 Å². The van der Waals surface area contributed by atoms with Crippen LogP contribution in [0.5, 0.6) is 5.75 Å². The fourth-order valence-corrected chi connectivity index (χ4v) is 4.69. The van der Waals surface area contributed by atoms with Crippen LogP contribution in [0.3, 0.4) is 0 Å². The molecular formula is C23H29BN2O3S. The van der Waals surface area contributed by atoms with E-state index in [9.17, 15) is 13.7 Å². The maximum absolute atomic E-state index is 11.1. The molecule has 2 aromatic carbocycles. The molecule has 0 atom stereocenters. The Labute approximate surface area is 180 Å². The second-order valence-electron chi connectivity index (χ2n) is 8.21. The highest BCUT2D eigenvalue weighted by Crippen LogP contribution is 2.28. The van der Waals surface area contributed by atoms with Crippen molar-refractivity contribution in [3.63, 3.8) is 0 Å². The van der Waals surface area contributed by atoms with Crippen LogP contribution in [0.1, 0.15) is 63.4 Å². The third-order valence-electron chi connectivity index (χ3n) is 5.83. The Hall–Kier alpha value is -2.30. The van der Waals surface area contributed by atoms with Gasteiger partial charge in [0, 0.05) is 0 Å². The molecule has 1 saturated carbocycles. The van der Waals surface area contributed by atoms with Crippen molar-refractivity contribution in [1.82, 2.24) is 0 Å². The lowest BCUT2D eigenvalue weighted by Crippen LogP contribution is -2.20. The fourth-order valence-electron chi connectivity index (χ4n) is 4.31. The SMILES string of the molecule is N#Cc1ccc(BC2CCCCCCCCC2)cc1-c1ccc(OS(N)(=O)=O)cc1. The fraction of sp³-hybridized carbons (Fsp3) is 0.435. The Morgan fingerprint density at radius 3 is 2.10 bits per heavy atom. The maximum Gasteiger partial charge on any atom is 0.380 e. The summed E-state index contributed by atoms with van der Waals surface area (Å²) in [4.78, 5) is 0. The van der Waals surface area contributed by atoms with E-state index in [0.29, 0.717) is 11.4 Å². The van der Waals surface area contributed by atoms with E-state index in [-0.39, 0.29) is 5.75 Å². The van der Waals surface area contributed by atoms with Crippen LogP contribution >= 0.6 is 0 Å². The molecule has 7 heteroatoms. The first-order valence-corrected chi connectivity index (χ1v) is 12.3. The molecule has 0 amide bonds. The molecule has 1 fully saturated rings. The normalized spacial score (nSPS) is 16.4. The largest absolute Gasteiger partial charge is 0.380 e. The first-order chi connectivity index (χ1) is 14.4. The topological polar surface area (TPSA) is 93.2 Å². The van der Waals surface area contributed by atoms with Gasteiger partial charge in [-0.15, -0.1) is 0 Å². The molecule has 0 radical (unpaired) electrons.